The molecule has 0 amide bonds. The summed E-state index contributed by atoms with van der Waals surface area (Å²) in [6, 6.07) is 2.05. The van der Waals surface area contributed by atoms with Gasteiger partial charge in [0.1, 0.15) is 0 Å². The van der Waals surface area contributed by atoms with Crippen LogP contribution >= 0.6 is 11.3 Å². The van der Waals surface area contributed by atoms with Crippen LogP contribution in [0.2, 0.25) is 0 Å². The zero-order valence-corrected chi connectivity index (χ0v) is 10.8. The Bertz CT molecular complexity index is 610. The van der Waals surface area contributed by atoms with Crippen molar-refractivity contribution < 1.29 is 18.3 Å². The zero-order valence-electron chi connectivity index (χ0n) is 10.0. The lowest BCUT2D eigenvalue weighted by Gasteiger charge is -2.01. The van der Waals surface area contributed by atoms with Crippen LogP contribution in [0.15, 0.2) is 12.1 Å². The van der Waals surface area contributed by atoms with E-state index in [1.54, 1.807) is 6.92 Å². The number of aromatic nitrogens is 2. The van der Waals surface area contributed by atoms with E-state index in [0.29, 0.717) is 10.0 Å². The van der Waals surface area contributed by atoms with Crippen LogP contribution < -0.4 is 5.32 Å². The third kappa shape index (κ3) is 3.02. The van der Waals surface area contributed by atoms with Gasteiger partial charge in [-0.2, -0.15) is 13.8 Å². The Hall–Kier alpha value is -2.09. The molecule has 5 nitrogen and oxygen atoms in total. The normalized spacial score (nSPS) is 10.3. The lowest BCUT2D eigenvalue weighted by molar-refractivity contribution is 0.0594. The first-order chi connectivity index (χ1) is 8.99. The predicted octanol–water partition coefficient (Wildman–Crippen LogP) is 2.65. The molecule has 19 heavy (non-hydrogen) atoms. The maximum atomic E-state index is 12.9. The Labute approximate surface area is 111 Å². The molecule has 0 unspecified atom stereocenters. The summed E-state index contributed by atoms with van der Waals surface area (Å²) in [5.41, 5.74) is 0.333. The molecule has 2 heterocycles. The Balaban J connectivity index is 2.26. The maximum absolute atomic E-state index is 12.9. The van der Waals surface area contributed by atoms with Crippen molar-refractivity contribution in [2.24, 2.45) is 0 Å². The Kier molecular flexibility index (Phi) is 3.70. The largest absolute Gasteiger partial charge is 0.464 e. The summed E-state index contributed by atoms with van der Waals surface area (Å²) in [7, 11) is 1.25. The number of carbonyl (C=O) groups excluding carboxylic acids is 1. The van der Waals surface area contributed by atoms with Gasteiger partial charge in [0.2, 0.25) is 11.9 Å². The number of rotatable bonds is 3. The predicted molar refractivity (Wildman–Crippen MR) is 65.6 cm³/mol. The smallest absolute Gasteiger partial charge is 0.357 e. The molecule has 0 aromatic carbocycles. The number of pyridine rings is 1. The Morgan fingerprint density at radius 2 is 1.95 bits per heavy atom. The van der Waals surface area contributed by atoms with E-state index in [-0.39, 0.29) is 11.4 Å². The summed E-state index contributed by atoms with van der Waals surface area (Å²) in [5.74, 6) is -2.44. The van der Waals surface area contributed by atoms with E-state index < -0.39 is 17.9 Å². The lowest BCUT2D eigenvalue weighted by Crippen LogP contribution is -2.03. The first-order valence-electron chi connectivity index (χ1n) is 5.15. The summed E-state index contributed by atoms with van der Waals surface area (Å²) in [6.45, 7) is 1.70. The van der Waals surface area contributed by atoms with Gasteiger partial charge in [0.25, 0.3) is 0 Å². The van der Waals surface area contributed by atoms with Crippen LogP contribution in [0, 0.1) is 18.8 Å². The zero-order chi connectivity index (χ0) is 14.0. The summed E-state index contributed by atoms with van der Waals surface area (Å²) in [6.07, 6.45) is 0. The molecule has 0 saturated carbocycles. The third-order valence-corrected chi connectivity index (χ3v) is 3.08. The number of methoxy groups -OCH3 is 1. The number of thiazole rings is 1. The second-order valence-electron chi connectivity index (χ2n) is 3.54. The second-order valence-corrected chi connectivity index (χ2v) is 4.74. The fraction of sp³-hybridized carbons (Fsp3) is 0.182. The molecule has 1 N–H and O–H groups in total. The summed E-state index contributed by atoms with van der Waals surface area (Å²) in [4.78, 5) is 19.0. The molecule has 100 valence electrons. The van der Waals surface area contributed by atoms with Crippen molar-refractivity contribution in [1.29, 1.82) is 0 Å². The molecule has 0 aliphatic heterocycles. The van der Waals surface area contributed by atoms with Crippen LogP contribution in [0.4, 0.5) is 19.6 Å². The number of halogens is 2. The number of carbonyl (C=O) groups is 1. The minimum Gasteiger partial charge on any atom is -0.464 e. The molecule has 0 spiro atoms. The van der Waals surface area contributed by atoms with Crippen LogP contribution in [-0.4, -0.2) is 23.0 Å². The quantitative estimate of drug-likeness (QED) is 0.694. The van der Waals surface area contributed by atoms with Gasteiger partial charge in [0.15, 0.2) is 10.8 Å². The van der Waals surface area contributed by atoms with Gasteiger partial charge >= 0.3 is 5.97 Å². The van der Waals surface area contributed by atoms with Gasteiger partial charge in [-0.3, -0.25) is 0 Å². The van der Waals surface area contributed by atoms with Crippen molar-refractivity contribution in [3.8, 4) is 0 Å². The lowest BCUT2D eigenvalue weighted by atomic mass is 10.4. The van der Waals surface area contributed by atoms with Crippen LogP contribution in [0.1, 0.15) is 15.4 Å². The van der Waals surface area contributed by atoms with E-state index in [0.717, 1.165) is 12.1 Å². The van der Waals surface area contributed by atoms with Gasteiger partial charge in [-0.25, -0.2) is 9.78 Å². The van der Waals surface area contributed by atoms with Crippen LogP contribution in [-0.2, 0) is 4.74 Å². The summed E-state index contributed by atoms with van der Waals surface area (Å²) in [5, 5.41) is 3.04. The van der Waals surface area contributed by atoms with Crippen LogP contribution in [0.5, 0.6) is 0 Å². The minimum absolute atomic E-state index is 0.162. The number of anilines is 2. The highest BCUT2D eigenvalue weighted by molar-refractivity contribution is 7.15. The Morgan fingerprint density at radius 3 is 2.53 bits per heavy atom. The van der Waals surface area contributed by atoms with Gasteiger partial charge in [-0.1, -0.05) is 0 Å². The molecule has 2 aromatic heterocycles. The molecule has 2 rings (SSSR count). The fourth-order valence-corrected chi connectivity index (χ4v) is 2.22. The van der Waals surface area contributed by atoms with Crippen molar-refractivity contribution in [3.05, 3.63) is 34.6 Å². The number of aryl methyl sites for hydroxylation is 1. The Morgan fingerprint density at radius 1 is 1.32 bits per heavy atom. The topological polar surface area (TPSA) is 64.1 Å². The highest BCUT2D eigenvalue weighted by Crippen LogP contribution is 2.26. The van der Waals surface area contributed by atoms with Crippen molar-refractivity contribution >= 4 is 28.1 Å². The number of hydrogen-bond donors (Lipinski definition) is 1. The summed E-state index contributed by atoms with van der Waals surface area (Å²) < 4.78 is 30.4. The number of hydrogen-bond acceptors (Lipinski definition) is 6. The van der Waals surface area contributed by atoms with E-state index in [4.69, 9.17) is 0 Å². The van der Waals surface area contributed by atoms with Crippen molar-refractivity contribution in [2.45, 2.75) is 6.92 Å². The molecular weight excluding hydrogens is 276 g/mol. The first kappa shape index (κ1) is 13.3. The maximum Gasteiger partial charge on any atom is 0.357 e. The second kappa shape index (κ2) is 5.27. The minimum atomic E-state index is -0.941. The van der Waals surface area contributed by atoms with Gasteiger partial charge in [0.05, 0.1) is 7.11 Å². The van der Waals surface area contributed by atoms with Crippen molar-refractivity contribution in [1.82, 2.24) is 9.97 Å². The van der Waals surface area contributed by atoms with Crippen molar-refractivity contribution in [3.63, 3.8) is 0 Å². The number of esters is 1. The molecule has 0 aliphatic rings. The van der Waals surface area contributed by atoms with E-state index in [1.165, 1.54) is 18.4 Å². The molecule has 0 radical (unpaired) electrons. The number of nitrogens with one attached hydrogen (secondary N) is 1. The van der Waals surface area contributed by atoms with E-state index in [2.05, 4.69) is 20.0 Å². The molecule has 0 fully saturated rings. The van der Waals surface area contributed by atoms with Crippen molar-refractivity contribution in [2.75, 3.05) is 12.4 Å². The average molecular weight is 285 g/mol. The van der Waals surface area contributed by atoms with Gasteiger partial charge in [0, 0.05) is 22.7 Å². The monoisotopic (exact) mass is 285 g/mol. The SMILES string of the molecule is COC(=O)c1nc(Nc2cc(F)nc(F)c2)sc1C. The molecule has 0 aliphatic carbocycles. The highest BCUT2D eigenvalue weighted by atomic mass is 32.1. The van der Waals surface area contributed by atoms with Crippen LogP contribution in [0.25, 0.3) is 0 Å². The molecular formula is C11H9F2N3O2S. The molecule has 2 aromatic rings. The summed E-state index contributed by atoms with van der Waals surface area (Å²) >= 11 is 1.18. The average Bonchev–Trinajstić information content (AvgIpc) is 2.68. The molecule has 0 saturated heterocycles. The highest BCUT2D eigenvalue weighted by Gasteiger charge is 2.16. The number of nitrogens with zero attached hydrogens (tertiary/aromatic N) is 2. The van der Waals surface area contributed by atoms with Crippen LogP contribution in [0.3, 0.4) is 0 Å². The third-order valence-electron chi connectivity index (χ3n) is 2.19. The van der Waals surface area contributed by atoms with Gasteiger partial charge in [-0.05, 0) is 6.92 Å². The molecule has 8 heteroatoms. The fourth-order valence-electron chi connectivity index (χ4n) is 1.40. The van der Waals surface area contributed by atoms with E-state index in [1.807, 2.05) is 0 Å². The number of ether oxygens (including phenoxy) is 1. The standard InChI is InChI=1S/C11H9F2N3O2S/c1-5-9(10(17)18-2)16-11(19-5)14-6-3-7(12)15-8(13)4-6/h3-4H,1-2H3,(H,14,15,16). The van der Waals surface area contributed by atoms with Gasteiger partial charge < -0.3 is 10.1 Å². The van der Waals surface area contributed by atoms with E-state index >= 15 is 0 Å². The molecule has 0 atom stereocenters. The van der Waals surface area contributed by atoms with E-state index in [9.17, 15) is 13.6 Å². The molecule has 0 bridgehead atoms. The first-order valence-corrected chi connectivity index (χ1v) is 5.97. The van der Waals surface area contributed by atoms with Gasteiger partial charge in [-0.15, -0.1) is 11.3 Å².